The van der Waals surface area contributed by atoms with E-state index in [0.717, 1.165) is 21.0 Å². The molecular weight excluding hydrogens is 574 g/mol. The number of anilines is 1. The molecule has 2 amide bonds. The lowest BCUT2D eigenvalue weighted by Gasteiger charge is -2.34. The number of benzene rings is 4. The van der Waals surface area contributed by atoms with Gasteiger partial charge in [-0.25, -0.2) is 8.42 Å². The van der Waals surface area contributed by atoms with Crippen LogP contribution in [0.4, 0.5) is 5.69 Å². The minimum Gasteiger partial charge on any atom is -0.497 e. The molecular formula is C35H39N3O5S. The molecule has 0 spiro atoms. The topological polar surface area (TPSA) is 96.0 Å². The quantitative estimate of drug-likeness (QED) is 0.219. The highest BCUT2D eigenvalue weighted by Gasteiger charge is 2.34. The van der Waals surface area contributed by atoms with Crippen LogP contribution in [0.1, 0.15) is 30.5 Å². The molecule has 0 fully saturated rings. The van der Waals surface area contributed by atoms with Gasteiger partial charge in [-0.2, -0.15) is 0 Å². The van der Waals surface area contributed by atoms with Crippen molar-refractivity contribution < 1.29 is 22.7 Å². The summed E-state index contributed by atoms with van der Waals surface area (Å²) >= 11 is 0. The summed E-state index contributed by atoms with van der Waals surface area (Å²) in [5, 5.41) is 2.97. The summed E-state index contributed by atoms with van der Waals surface area (Å²) in [6.07, 6.45) is 0.255. The van der Waals surface area contributed by atoms with Gasteiger partial charge in [-0.1, -0.05) is 78.4 Å². The summed E-state index contributed by atoms with van der Waals surface area (Å²) < 4.78 is 34.4. The van der Waals surface area contributed by atoms with Crippen LogP contribution in [0.25, 0.3) is 0 Å². The predicted octanol–water partition coefficient (Wildman–Crippen LogP) is 5.36. The molecule has 0 saturated heterocycles. The summed E-state index contributed by atoms with van der Waals surface area (Å²) in [6.45, 7) is 5.30. The maximum Gasteiger partial charge on any atom is 0.264 e. The zero-order valence-corrected chi connectivity index (χ0v) is 26.3. The predicted molar refractivity (Wildman–Crippen MR) is 173 cm³/mol. The van der Waals surface area contributed by atoms with Gasteiger partial charge in [-0.15, -0.1) is 0 Å². The smallest absolute Gasteiger partial charge is 0.264 e. The number of amides is 2. The highest BCUT2D eigenvalue weighted by atomic mass is 32.2. The minimum atomic E-state index is -4.16. The van der Waals surface area contributed by atoms with E-state index in [-0.39, 0.29) is 29.8 Å². The molecule has 230 valence electrons. The lowest BCUT2D eigenvalue weighted by Crippen LogP contribution is -2.54. The largest absolute Gasteiger partial charge is 0.497 e. The Labute approximate surface area is 260 Å². The lowest BCUT2D eigenvalue weighted by molar-refractivity contribution is -0.140. The molecule has 8 nitrogen and oxygen atoms in total. The van der Waals surface area contributed by atoms with Gasteiger partial charge in [0.25, 0.3) is 10.0 Å². The summed E-state index contributed by atoms with van der Waals surface area (Å²) in [5.74, 6) is -0.279. The van der Waals surface area contributed by atoms with Crippen LogP contribution in [0, 0.1) is 6.92 Å². The number of hydrogen-bond donors (Lipinski definition) is 1. The van der Waals surface area contributed by atoms with Crippen LogP contribution in [0.15, 0.2) is 114 Å². The molecule has 0 aliphatic carbocycles. The van der Waals surface area contributed by atoms with E-state index in [4.69, 9.17) is 4.74 Å². The van der Waals surface area contributed by atoms with Gasteiger partial charge in [0.15, 0.2) is 0 Å². The van der Waals surface area contributed by atoms with Crippen molar-refractivity contribution in [2.45, 2.75) is 50.7 Å². The zero-order valence-electron chi connectivity index (χ0n) is 25.5. The SMILES string of the molecule is COc1ccc(N(CC(=O)N(Cc2ccc(C)cc2)C(Cc2ccccc2)C(=O)NC(C)C)S(=O)(=O)c2ccccc2)cc1. The molecule has 9 heteroatoms. The van der Waals surface area contributed by atoms with E-state index in [9.17, 15) is 18.0 Å². The van der Waals surface area contributed by atoms with E-state index in [1.807, 2.05) is 75.4 Å². The second-order valence-corrected chi connectivity index (χ2v) is 12.8. The van der Waals surface area contributed by atoms with Gasteiger partial charge in [0.2, 0.25) is 11.8 Å². The van der Waals surface area contributed by atoms with Crippen LogP contribution in [0.2, 0.25) is 0 Å². The maximum atomic E-state index is 14.4. The van der Waals surface area contributed by atoms with Gasteiger partial charge in [-0.3, -0.25) is 13.9 Å². The molecule has 0 radical (unpaired) electrons. The maximum absolute atomic E-state index is 14.4. The third kappa shape index (κ3) is 8.26. The number of nitrogens with zero attached hydrogens (tertiary/aromatic N) is 2. The summed E-state index contributed by atoms with van der Waals surface area (Å²) in [6, 6.07) is 30.6. The first kappa shape index (κ1) is 32.3. The highest BCUT2D eigenvalue weighted by Crippen LogP contribution is 2.27. The molecule has 1 unspecified atom stereocenters. The Morgan fingerprint density at radius 1 is 0.795 bits per heavy atom. The Balaban J connectivity index is 1.79. The van der Waals surface area contributed by atoms with Gasteiger partial charge < -0.3 is 15.0 Å². The van der Waals surface area contributed by atoms with Crippen LogP contribution in [0.5, 0.6) is 5.75 Å². The van der Waals surface area contributed by atoms with Gasteiger partial charge in [-0.05, 0) is 68.3 Å². The molecule has 0 bridgehead atoms. The first-order valence-electron chi connectivity index (χ1n) is 14.5. The van der Waals surface area contributed by atoms with Crippen molar-refractivity contribution in [1.29, 1.82) is 0 Å². The molecule has 4 aromatic carbocycles. The molecule has 1 atom stereocenters. The number of rotatable bonds is 13. The average molecular weight is 614 g/mol. The summed E-state index contributed by atoms with van der Waals surface area (Å²) in [5.41, 5.74) is 3.05. The Bertz CT molecular complexity index is 1630. The van der Waals surface area contributed by atoms with Crippen molar-refractivity contribution in [3.8, 4) is 5.75 Å². The molecule has 4 aromatic rings. The first-order chi connectivity index (χ1) is 21.1. The Kier molecular flexibility index (Phi) is 10.8. The molecule has 0 aliphatic heterocycles. The number of hydrogen-bond acceptors (Lipinski definition) is 5. The monoisotopic (exact) mass is 613 g/mol. The van der Waals surface area contributed by atoms with Gasteiger partial charge in [0.1, 0.15) is 18.3 Å². The summed E-state index contributed by atoms with van der Waals surface area (Å²) in [7, 11) is -2.64. The van der Waals surface area contributed by atoms with E-state index in [1.165, 1.54) is 24.1 Å². The van der Waals surface area contributed by atoms with Crippen molar-refractivity contribution in [1.82, 2.24) is 10.2 Å². The Morgan fingerprint density at radius 2 is 1.39 bits per heavy atom. The fraction of sp³-hybridized carbons (Fsp3) is 0.257. The van der Waals surface area contributed by atoms with Crippen molar-refractivity contribution in [2.24, 2.45) is 0 Å². The molecule has 0 saturated carbocycles. The molecule has 1 N–H and O–H groups in total. The average Bonchev–Trinajstić information content (AvgIpc) is 3.03. The number of nitrogens with one attached hydrogen (secondary N) is 1. The fourth-order valence-corrected chi connectivity index (χ4v) is 6.26. The van der Waals surface area contributed by atoms with Gasteiger partial charge in [0.05, 0.1) is 17.7 Å². The van der Waals surface area contributed by atoms with E-state index in [1.54, 1.807) is 42.5 Å². The van der Waals surface area contributed by atoms with Crippen LogP contribution in [0.3, 0.4) is 0 Å². The number of ether oxygens (including phenoxy) is 1. The van der Waals surface area contributed by atoms with Crippen LogP contribution in [-0.2, 0) is 32.6 Å². The Hall–Kier alpha value is -4.63. The van der Waals surface area contributed by atoms with Crippen LogP contribution in [-0.4, -0.2) is 50.9 Å². The Morgan fingerprint density at radius 3 is 1.95 bits per heavy atom. The number of aryl methyl sites for hydroxylation is 1. The lowest BCUT2D eigenvalue weighted by atomic mass is 10.0. The normalized spacial score (nSPS) is 11.9. The third-order valence-electron chi connectivity index (χ3n) is 7.15. The van der Waals surface area contributed by atoms with Crippen molar-refractivity contribution in [2.75, 3.05) is 18.0 Å². The van der Waals surface area contributed by atoms with Crippen LogP contribution >= 0.6 is 0 Å². The molecule has 0 heterocycles. The van der Waals surface area contributed by atoms with E-state index >= 15 is 0 Å². The number of carbonyl (C=O) groups is 2. The second kappa shape index (κ2) is 14.7. The fourth-order valence-electron chi connectivity index (χ4n) is 4.82. The van der Waals surface area contributed by atoms with E-state index in [0.29, 0.717) is 11.4 Å². The van der Waals surface area contributed by atoms with Gasteiger partial charge in [0, 0.05) is 19.0 Å². The number of carbonyl (C=O) groups excluding carboxylic acids is 2. The van der Waals surface area contributed by atoms with Crippen molar-refractivity contribution >= 4 is 27.5 Å². The van der Waals surface area contributed by atoms with Crippen LogP contribution < -0.4 is 14.4 Å². The number of methoxy groups -OCH3 is 1. The molecule has 0 aliphatic rings. The zero-order chi connectivity index (χ0) is 31.7. The first-order valence-corrected chi connectivity index (χ1v) is 15.9. The van der Waals surface area contributed by atoms with Gasteiger partial charge >= 0.3 is 0 Å². The number of sulfonamides is 1. The summed E-state index contributed by atoms with van der Waals surface area (Å²) in [4.78, 5) is 29.7. The minimum absolute atomic E-state index is 0.0482. The van der Waals surface area contributed by atoms with Crippen molar-refractivity contribution in [3.63, 3.8) is 0 Å². The third-order valence-corrected chi connectivity index (χ3v) is 8.93. The van der Waals surface area contributed by atoms with E-state index in [2.05, 4.69) is 5.32 Å². The second-order valence-electron chi connectivity index (χ2n) is 10.9. The molecule has 4 rings (SSSR count). The highest BCUT2D eigenvalue weighted by molar-refractivity contribution is 7.92. The van der Waals surface area contributed by atoms with E-state index < -0.39 is 28.5 Å². The molecule has 0 aromatic heterocycles. The van der Waals surface area contributed by atoms with Crippen molar-refractivity contribution in [3.05, 3.63) is 126 Å². The standard InChI is InChI=1S/C35H39N3O5S/c1-26(2)36-35(40)33(23-28-11-7-5-8-12-28)37(24-29-17-15-27(3)16-18-29)34(39)25-38(30-19-21-31(43-4)22-20-30)44(41,42)32-13-9-6-10-14-32/h5-22,26,33H,23-25H2,1-4H3,(H,36,40). The molecule has 44 heavy (non-hydrogen) atoms.